The van der Waals surface area contributed by atoms with E-state index in [0.717, 1.165) is 43.1 Å². The molecule has 0 aliphatic carbocycles. The zero-order chi connectivity index (χ0) is 17.5. The minimum Gasteiger partial charge on any atom is -0.455 e. The van der Waals surface area contributed by atoms with E-state index in [4.69, 9.17) is 4.42 Å². The maximum Gasteiger partial charge on any atom is 0.159 e. The molecule has 0 fully saturated rings. The van der Waals surface area contributed by atoms with Crippen molar-refractivity contribution >= 4 is 37.9 Å². The molecule has 26 heavy (non-hydrogen) atoms. The van der Waals surface area contributed by atoms with Gasteiger partial charge >= 0.3 is 0 Å². The molecule has 0 aliphatic heterocycles. The van der Waals surface area contributed by atoms with Crippen molar-refractivity contribution in [2.24, 2.45) is 0 Å². The molecule has 0 bridgehead atoms. The second-order valence-corrected chi connectivity index (χ2v) is 6.99. The number of fused-ring (bicyclic) bond motifs is 3. The SMILES string of the molecule is Brc1ccc(-c2cccc3c2oc2ccc(-c4ncccn4)cc23)cc1. The summed E-state index contributed by atoms with van der Waals surface area (Å²) in [6.07, 6.45) is 3.51. The number of hydrogen-bond acceptors (Lipinski definition) is 3. The van der Waals surface area contributed by atoms with Crippen molar-refractivity contribution in [3.8, 4) is 22.5 Å². The van der Waals surface area contributed by atoms with Crippen molar-refractivity contribution in [2.45, 2.75) is 0 Å². The predicted molar refractivity (Wildman–Crippen MR) is 108 cm³/mol. The lowest BCUT2D eigenvalue weighted by Gasteiger charge is -2.02. The molecule has 0 unspecified atom stereocenters. The van der Waals surface area contributed by atoms with Crippen molar-refractivity contribution in [2.75, 3.05) is 0 Å². The quantitative estimate of drug-likeness (QED) is 0.340. The van der Waals surface area contributed by atoms with Gasteiger partial charge in [-0.1, -0.05) is 46.3 Å². The molecule has 0 radical (unpaired) electrons. The van der Waals surface area contributed by atoms with Gasteiger partial charge in [0.2, 0.25) is 0 Å². The van der Waals surface area contributed by atoms with Crippen LogP contribution in [0.4, 0.5) is 0 Å². The summed E-state index contributed by atoms with van der Waals surface area (Å²) in [5, 5.41) is 2.17. The molecular weight excluding hydrogens is 388 g/mol. The molecule has 4 heteroatoms. The molecule has 2 heterocycles. The van der Waals surface area contributed by atoms with E-state index in [1.165, 1.54) is 0 Å². The van der Waals surface area contributed by atoms with Crippen molar-refractivity contribution < 1.29 is 4.42 Å². The zero-order valence-corrected chi connectivity index (χ0v) is 15.3. The number of para-hydroxylation sites is 1. The van der Waals surface area contributed by atoms with E-state index in [1.807, 2.05) is 30.3 Å². The van der Waals surface area contributed by atoms with Crippen molar-refractivity contribution in [3.05, 3.63) is 83.6 Å². The van der Waals surface area contributed by atoms with Crippen LogP contribution in [0.1, 0.15) is 0 Å². The molecule has 0 saturated heterocycles. The van der Waals surface area contributed by atoms with Crippen molar-refractivity contribution in [1.29, 1.82) is 0 Å². The normalized spacial score (nSPS) is 11.3. The van der Waals surface area contributed by atoms with Gasteiger partial charge in [0, 0.05) is 38.8 Å². The second-order valence-electron chi connectivity index (χ2n) is 6.07. The first kappa shape index (κ1) is 15.3. The number of aromatic nitrogens is 2. The summed E-state index contributed by atoms with van der Waals surface area (Å²) >= 11 is 3.49. The molecule has 2 aromatic heterocycles. The van der Waals surface area contributed by atoms with E-state index < -0.39 is 0 Å². The average molecular weight is 401 g/mol. The van der Waals surface area contributed by atoms with Crippen LogP contribution in [0.3, 0.4) is 0 Å². The highest BCUT2D eigenvalue weighted by molar-refractivity contribution is 9.10. The molecule has 0 amide bonds. The molecule has 0 atom stereocenters. The maximum absolute atomic E-state index is 6.21. The predicted octanol–water partition coefficient (Wildman–Crippen LogP) is 6.47. The number of halogens is 1. The van der Waals surface area contributed by atoms with E-state index in [0.29, 0.717) is 5.82 Å². The topological polar surface area (TPSA) is 38.9 Å². The third-order valence-corrected chi connectivity index (χ3v) is 5.00. The second kappa shape index (κ2) is 6.07. The molecular formula is C22H13BrN2O. The molecule has 0 saturated carbocycles. The highest BCUT2D eigenvalue weighted by Crippen LogP contribution is 2.37. The average Bonchev–Trinajstić information content (AvgIpc) is 3.07. The fraction of sp³-hybridized carbons (Fsp3) is 0. The first-order valence-corrected chi connectivity index (χ1v) is 9.07. The molecule has 0 spiro atoms. The molecule has 124 valence electrons. The van der Waals surface area contributed by atoms with Crippen molar-refractivity contribution in [1.82, 2.24) is 9.97 Å². The minimum atomic E-state index is 0.716. The Labute approximate surface area is 158 Å². The lowest BCUT2D eigenvalue weighted by molar-refractivity contribution is 0.670. The Morgan fingerprint density at radius 1 is 0.731 bits per heavy atom. The number of nitrogens with zero attached hydrogens (tertiary/aromatic N) is 2. The van der Waals surface area contributed by atoms with Gasteiger partial charge in [0.15, 0.2) is 5.82 Å². The third-order valence-electron chi connectivity index (χ3n) is 4.48. The van der Waals surface area contributed by atoms with E-state index in [9.17, 15) is 0 Å². The fourth-order valence-electron chi connectivity index (χ4n) is 3.24. The molecule has 0 aliphatic rings. The van der Waals surface area contributed by atoms with Gasteiger partial charge in [-0.2, -0.15) is 0 Å². The number of furan rings is 1. The van der Waals surface area contributed by atoms with Crippen LogP contribution in [0.15, 0.2) is 88.0 Å². The Balaban J connectivity index is 1.75. The fourth-order valence-corrected chi connectivity index (χ4v) is 3.51. The van der Waals surface area contributed by atoms with E-state index in [2.05, 4.69) is 62.3 Å². The van der Waals surface area contributed by atoms with Gasteiger partial charge in [-0.15, -0.1) is 0 Å². The van der Waals surface area contributed by atoms with Crippen LogP contribution in [0.2, 0.25) is 0 Å². The highest BCUT2D eigenvalue weighted by Gasteiger charge is 2.13. The largest absolute Gasteiger partial charge is 0.455 e. The number of hydrogen-bond donors (Lipinski definition) is 0. The third kappa shape index (κ3) is 2.50. The summed E-state index contributed by atoms with van der Waals surface area (Å²) < 4.78 is 7.27. The number of benzene rings is 3. The van der Waals surface area contributed by atoms with Gasteiger partial charge < -0.3 is 4.42 Å². The van der Waals surface area contributed by atoms with Gasteiger partial charge in [-0.3, -0.25) is 0 Å². The lowest BCUT2D eigenvalue weighted by Crippen LogP contribution is -1.85. The Morgan fingerprint density at radius 2 is 1.50 bits per heavy atom. The smallest absolute Gasteiger partial charge is 0.159 e. The van der Waals surface area contributed by atoms with E-state index >= 15 is 0 Å². The van der Waals surface area contributed by atoms with Crippen LogP contribution in [0, 0.1) is 0 Å². The summed E-state index contributed by atoms with van der Waals surface area (Å²) in [4.78, 5) is 8.69. The molecule has 5 rings (SSSR count). The van der Waals surface area contributed by atoms with Crippen LogP contribution in [-0.4, -0.2) is 9.97 Å². The molecule has 3 aromatic carbocycles. The van der Waals surface area contributed by atoms with Crippen molar-refractivity contribution in [3.63, 3.8) is 0 Å². The first-order chi connectivity index (χ1) is 12.8. The zero-order valence-electron chi connectivity index (χ0n) is 13.7. The molecule has 5 aromatic rings. The van der Waals surface area contributed by atoms with E-state index in [1.54, 1.807) is 12.4 Å². The van der Waals surface area contributed by atoms with Gasteiger partial charge in [0.25, 0.3) is 0 Å². The Kier molecular flexibility index (Phi) is 3.57. The minimum absolute atomic E-state index is 0.716. The summed E-state index contributed by atoms with van der Waals surface area (Å²) in [6, 6.07) is 22.4. The number of rotatable bonds is 2. The van der Waals surface area contributed by atoms with Crippen LogP contribution in [0.25, 0.3) is 44.5 Å². The molecule has 0 N–H and O–H groups in total. The lowest BCUT2D eigenvalue weighted by atomic mass is 10.0. The summed E-state index contributed by atoms with van der Waals surface area (Å²) in [7, 11) is 0. The van der Waals surface area contributed by atoms with Crippen LogP contribution < -0.4 is 0 Å². The van der Waals surface area contributed by atoms with E-state index in [-0.39, 0.29) is 0 Å². The maximum atomic E-state index is 6.21. The Hall–Kier alpha value is -2.98. The summed E-state index contributed by atoms with van der Waals surface area (Å²) in [5.41, 5.74) is 4.96. The summed E-state index contributed by atoms with van der Waals surface area (Å²) in [5.74, 6) is 0.716. The van der Waals surface area contributed by atoms with Crippen LogP contribution >= 0.6 is 15.9 Å². The Bertz CT molecular complexity index is 1230. The first-order valence-electron chi connectivity index (χ1n) is 8.28. The van der Waals surface area contributed by atoms with Crippen LogP contribution in [-0.2, 0) is 0 Å². The van der Waals surface area contributed by atoms with Gasteiger partial charge in [-0.05, 0) is 42.0 Å². The standard InChI is InChI=1S/C22H13BrN2O/c23-16-8-5-14(6-9-16)17-3-1-4-18-19-13-15(22-24-11-2-12-25-22)7-10-20(19)26-21(17)18/h1-13H. The van der Waals surface area contributed by atoms with Crippen LogP contribution in [0.5, 0.6) is 0 Å². The molecule has 3 nitrogen and oxygen atoms in total. The van der Waals surface area contributed by atoms with Gasteiger partial charge in [0.05, 0.1) is 0 Å². The highest BCUT2D eigenvalue weighted by atomic mass is 79.9. The van der Waals surface area contributed by atoms with Gasteiger partial charge in [0.1, 0.15) is 11.2 Å². The Morgan fingerprint density at radius 3 is 2.31 bits per heavy atom. The summed E-state index contributed by atoms with van der Waals surface area (Å²) in [6.45, 7) is 0. The monoisotopic (exact) mass is 400 g/mol. The van der Waals surface area contributed by atoms with Gasteiger partial charge in [-0.25, -0.2) is 9.97 Å².